The Morgan fingerprint density at radius 1 is 1.27 bits per heavy atom. The van der Waals surface area contributed by atoms with Gasteiger partial charge in [0.25, 0.3) is 0 Å². The van der Waals surface area contributed by atoms with Gasteiger partial charge in [0.05, 0.1) is 12.2 Å². The van der Waals surface area contributed by atoms with Gasteiger partial charge in [-0.15, -0.1) is 11.3 Å². The van der Waals surface area contributed by atoms with E-state index in [0.29, 0.717) is 12.1 Å². The molecule has 4 nitrogen and oxygen atoms in total. The van der Waals surface area contributed by atoms with Gasteiger partial charge in [-0.2, -0.15) is 0 Å². The van der Waals surface area contributed by atoms with Crippen molar-refractivity contribution in [1.82, 2.24) is 9.88 Å². The topological polar surface area (TPSA) is 34.6 Å². The molecule has 2 rings (SSSR count). The van der Waals surface area contributed by atoms with Crippen molar-refractivity contribution in [2.24, 2.45) is 0 Å². The fraction of sp³-hybridized carbons (Fsp3) is 0.850. The maximum absolute atomic E-state index is 6.51. The maximum Gasteiger partial charge on any atom is 0.193 e. The van der Waals surface area contributed by atoms with Crippen LogP contribution >= 0.6 is 11.3 Å². The minimum Gasteiger partial charge on any atom is -0.408 e. The molecule has 0 unspecified atom stereocenters. The third-order valence-electron chi connectivity index (χ3n) is 6.20. The second kappa shape index (κ2) is 8.82. The van der Waals surface area contributed by atoms with Crippen molar-refractivity contribution in [2.45, 2.75) is 96.3 Å². The molecule has 0 N–H and O–H groups in total. The van der Waals surface area contributed by atoms with Crippen molar-refractivity contribution < 1.29 is 9.16 Å². The van der Waals surface area contributed by atoms with Crippen molar-refractivity contribution >= 4 is 19.7 Å². The lowest BCUT2D eigenvalue weighted by atomic mass is 9.92. The Morgan fingerprint density at radius 3 is 2.42 bits per heavy atom. The summed E-state index contributed by atoms with van der Waals surface area (Å²) in [6.07, 6.45) is 7.40. The lowest BCUT2D eigenvalue weighted by molar-refractivity contribution is 0.0429. The van der Waals surface area contributed by atoms with Crippen LogP contribution in [0.25, 0.3) is 0 Å². The Morgan fingerprint density at radius 2 is 1.88 bits per heavy atom. The van der Waals surface area contributed by atoms with Gasteiger partial charge in [-0.1, -0.05) is 20.8 Å². The van der Waals surface area contributed by atoms with Crippen LogP contribution in [-0.4, -0.2) is 44.5 Å². The number of thiazole rings is 1. The van der Waals surface area contributed by atoms with Crippen LogP contribution in [-0.2, 0) is 15.7 Å². The molecular formula is C20H38N2O2SSi. The molecule has 1 heterocycles. The predicted octanol–water partition coefficient (Wildman–Crippen LogP) is 5.62. The highest BCUT2D eigenvalue weighted by atomic mass is 32.1. The van der Waals surface area contributed by atoms with Gasteiger partial charge in [0.2, 0.25) is 0 Å². The SMILES string of the molecule is COC1CCC(N(C)Cc2cnc([C@@H](C)O[Si](C)(C)C(C)(C)C)s2)CC1. The number of ether oxygens (including phenoxy) is 1. The average molecular weight is 399 g/mol. The van der Waals surface area contributed by atoms with Gasteiger partial charge in [0.15, 0.2) is 8.32 Å². The normalized spacial score (nSPS) is 23.4. The molecule has 1 aliphatic carbocycles. The lowest BCUT2D eigenvalue weighted by Crippen LogP contribution is -2.41. The number of methoxy groups -OCH3 is 1. The fourth-order valence-electron chi connectivity index (χ4n) is 3.35. The first-order valence-electron chi connectivity index (χ1n) is 9.89. The van der Waals surface area contributed by atoms with Crippen LogP contribution < -0.4 is 0 Å². The zero-order valence-corrected chi connectivity index (χ0v) is 19.8. The summed E-state index contributed by atoms with van der Waals surface area (Å²) in [5.41, 5.74) is 0. The number of aromatic nitrogens is 1. The summed E-state index contributed by atoms with van der Waals surface area (Å²) in [5.74, 6) is 0. The van der Waals surface area contributed by atoms with E-state index in [-0.39, 0.29) is 11.1 Å². The molecule has 0 aliphatic heterocycles. The van der Waals surface area contributed by atoms with Gasteiger partial charge < -0.3 is 9.16 Å². The third-order valence-corrected chi connectivity index (χ3v) is 11.9. The second-order valence-electron chi connectivity index (χ2n) is 9.27. The maximum atomic E-state index is 6.51. The molecular weight excluding hydrogens is 360 g/mol. The predicted molar refractivity (Wildman–Crippen MR) is 113 cm³/mol. The summed E-state index contributed by atoms with van der Waals surface area (Å²) < 4.78 is 12.0. The molecule has 1 saturated carbocycles. The monoisotopic (exact) mass is 398 g/mol. The van der Waals surface area contributed by atoms with Gasteiger partial charge >= 0.3 is 0 Å². The summed E-state index contributed by atoms with van der Waals surface area (Å²) in [4.78, 5) is 8.50. The molecule has 150 valence electrons. The number of rotatable bonds is 7. The van der Waals surface area contributed by atoms with Crippen LogP contribution in [0.5, 0.6) is 0 Å². The van der Waals surface area contributed by atoms with Gasteiger partial charge in [0, 0.05) is 30.8 Å². The van der Waals surface area contributed by atoms with Crippen LogP contribution in [0.2, 0.25) is 18.1 Å². The molecule has 1 atom stereocenters. The highest BCUT2D eigenvalue weighted by molar-refractivity contribution is 7.11. The van der Waals surface area contributed by atoms with E-state index in [4.69, 9.17) is 9.16 Å². The molecule has 1 aliphatic rings. The zero-order chi connectivity index (χ0) is 19.5. The van der Waals surface area contributed by atoms with E-state index in [1.807, 2.05) is 24.6 Å². The Hall–Kier alpha value is -0.273. The first kappa shape index (κ1) is 22.0. The summed E-state index contributed by atoms with van der Waals surface area (Å²) in [6, 6.07) is 0.660. The second-order valence-corrected chi connectivity index (χ2v) is 15.2. The molecule has 0 bridgehead atoms. The molecule has 0 saturated heterocycles. The largest absolute Gasteiger partial charge is 0.408 e. The zero-order valence-electron chi connectivity index (χ0n) is 18.0. The quantitative estimate of drug-likeness (QED) is 0.559. The summed E-state index contributed by atoms with van der Waals surface area (Å²) in [6.45, 7) is 14.6. The number of hydrogen-bond donors (Lipinski definition) is 0. The van der Waals surface area contributed by atoms with E-state index in [1.165, 1.54) is 30.6 Å². The summed E-state index contributed by atoms with van der Waals surface area (Å²) in [7, 11) is 2.31. The minimum absolute atomic E-state index is 0.0806. The van der Waals surface area contributed by atoms with E-state index in [1.54, 1.807) is 0 Å². The molecule has 0 radical (unpaired) electrons. The molecule has 1 aromatic heterocycles. The Bertz CT molecular complexity index is 562. The highest BCUT2D eigenvalue weighted by Crippen LogP contribution is 2.40. The van der Waals surface area contributed by atoms with Crippen molar-refractivity contribution in [3.8, 4) is 0 Å². The highest BCUT2D eigenvalue weighted by Gasteiger charge is 2.39. The Balaban J connectivity index is 1.91. The fourth-order valence-corrected chi connectivity index (χ4v) is 5.75. The van der Waals surface area contributed by atoms with E-state index in [9.17, 15) is 0 Å². The van der Waals surface area contributed by atoms with Crippen molar-refractivity contribution in [1.29, 1.82) is 0 Å². The van der Waals surface area contributed by atoms with Crippen molar-refractivity contribution in [3.05, 3.63) is 16.1 Å². The molecule has 6 heteroatoms. The third kappa shape index (κ3) is 5.61. The summed E-state index contributed by atoms with van der Waals surface area (Å²) >= 11 is 1.81. The van der Waals surface area contributed by atoms with E-state index >= 15 is 0 Å². The van der Waals surface area contributed by atoms with Gasteiger partial charge in [-0.3, -0.25) is 4.90 Å². The average Bonchev–Trinajstić information content (AvgIpc) is 3.02. The number of nitrogens with zero attached hydrogens (tertiary/aromatic N) is 2. The molecule has 0 spiro atoms. The standard InChI is InChI=1S/C20H38N2O2SSi/c1-15(24-26(7,8)20(2,3)4)19-21-13-18(25-19)14-22(5)16-9-11-17(23-6)12-10-16/h13,15-17H,9-12,14H2,1-8H3/t15-,16?,17?/m1/s1. The van der Waals surface area contributed by atoms with E-state index < -0.39 is 8.32 Å². The van der Waals surface area contributed by atoms with Crippen molar-refractivity contribution in [3.63, 3.8) is 0 Å². The van der Waals surface area contributed by atoms with Gasteiger partial charge in [-0.25, -0.2) is 4.98 Å². The molecule has 26 heavy (non-hydrogen) atoms. The van der Waals surface area contributed by atoms with Crippen LogP contribution in [0.3, 0.4) is 0 Å². The lowest BCUT2D eigenvalue weighted by Gasteiger charge is -2.38. The van der Waals surface area contributed by atoms with E-state index in [2.05, 4.69) is 57.7 Å². The molecule has 0 aromatic carbocycles. The molecule has 1 aromatic rings. The Labute approximate surface area is 165 Å². The van der Waals surface area contributed by atoms with Crippen LogP contribution in [0.1, 0.15) is 69.4 Å². The van der Waals surface area contributed by atoms with Crippen LogP contribution in [0.15, 0.2) is 6.20 Å². The van der Waals surface area contributed by atoms with Crippen molar-refractivity contribution in [2.75, 3.05) is 14.2 Å². The molecule has 0 amide bonds. The van der Waals surface area contributed by atoms with Gasteiger partial charge in [-0.05, 0) is 57.8 Å². The van der Waals surface area contributed by atoms with Crippen LogP contribution in [0.4, 0.5) is 0 Å². The first-order valence-corrected chi connectivity index (χ1v) is 13.6. The molecule has 1 fully saturated rings. The van der Waals surface area contributed by atoms with Crippen LogP contribution in [0, 0.1) is 0 Å². The van der Waals surface area contributed by atoms with Gasteiger partial charge in [0.1, 0.15) is 5.01 Å². The van der Waals surface area contributed by atoms with E-state index in [0.717, 1.165) is 11.6 Å². The smallest absolute Gasteiger partial charge is 0.193 e. The Kier molecular flexibility index (Phi) is 7.47. The minimum atomic E-state index is -1.77. The summed E-state index contributed by atoms with van der Waals surface area (Å²) in [5, 5.41) is 1.34. The first-order chi connectivity index (χ1) is 12.0. The number of hydrogen-bond acceptors (Lipinski definition) is 5.